The number of rotatable bonds is 6. The van der Waals surface area contributed by atoms with Gasteiger partial charge in [-0.3, -0.25) is 4.79 Å². The largest absolute Gasteiger partial charge is 0.342 e. The molecule has 1 aliphatic rings. The van der Waals surface area contributed by atoms with E-state index in [1.807, 2.05) is 4.90 Å². The normalized spacial score (nSPS) is 18.4. The van der Waals surface area contributed by atoms with Crippen LogP contribution in [0.2, 0.25) is 0 Å². The number of hydrogen-bond donors (Lipinski definition) is 1. The fourth-order valence-corrected chi connectivity index (χ4v) is 2.34. The zero-order chi connectivity index (χ0) is 12.0. The van der Waals surface area contributed by atoms with Gasteiger partial charge in [0, 0.05) is 32.6 Å². The van der Waals surface area contributed by atoms with Gasteiger partial charge in [0.2, 0.25) is 5.91 Å². The smallest absolute Gasteiger partial charge is 0.223 e. The van der Waals surface area contributed by atoms with Gasteiger partial charge in [-0.05, 0) is 25.4 Å². The zero-order valence-corrected chi connectivity index (χ0v) is 13.1. The molecule has 0 radical (unpaired) electrons. The van der Waals surface area contributed by atoms with Crippen LogP contribution in [0.3, 0.4) is 0 Å². The second-order valence-electron chi connectivity index (χ2n) is 4.52. The third-order valence-electron chi connectivity index (χ3n) is 3.41. The molecule has 18 heavy (non-hydrogen) atoms. The number of nitrogens with two attached hydrogens (primary N) is 1. The first kappa shape index (κ1) is 20.3. The first-order valence-corrected chi connectivity index (χ1v) is 6.41. The van der Waals surface area contributed by atoms with Gasteiger partial charge in [0.15, 0.2) is 0 Å². The predicted molar refractivity (Wildman–Crippen MR) is 80.6 cm³/mol. The fraction of sp³-hybridized carbons (Fsp3) is 0.917. The van der Waals surface area contributed by atoms with E-state index in [4.69, 9.17) is 5.73 Å². The molecule has 0 aromatic rings. The van der Waals surface area contributed by atoms with Crippen molar-refractivity contribution in [2.45, 2.75) is 26.7 Å². The summed E-state index contributed by atoms with van der Waals surface area (Å²) in [4.78, 5) is 16.1. The molecule has 110 valence electrons. The van der Waals surface area contributed by atoms with E-state index in [9.17, 15) is 4.79 Å². The molecule has 1 heterocycles. The van der Waals surface area contributed by atoms with Crippen molar-refractivity contribution in [3.63, 3.8) is 0 Å². The summed E-state index contributed by atoms with van der Waals surface area (Å²) in [6.45, 7) is 10.0. The minimum atomic E-state index is 0. The van der Waals surface area contributed by atoms with Crippen LogP contribution in [0.5, 0.6) is 0 Å². The minimum Gasteiger partial charge on any atom is -0.342 e. The highest BCUT2D eigenvalue weighted by molar-refractivity contribution is 5.85. The first-order valence-electron chi connectivity index (χ1n) is 6.41. The van der Waals surface area contributed by atoms with Crippen LogP contribution in [0.15, 0.2) is 0 Å². The molecule has 1 fully saturated rings. The maximum absolute atomic E-state index is 11.6. The minimum absolute atomic E-state index is 0. The van der Waals surface area contributed by atoms with E-state index in [1.165, 1.54) is 0 Å². The molecule has 2 N–H and O–H groups in total. The van der Waals surface area contributed by atoms with Crippen LogP contribution in [-0.2, 0) is 4.79 Å². The second kappa shape index (κ2) is 10.9. The summed E-state index contributed by atoms with van der Waals surface area (Å²) in [7, 11) is 0. The van der Waals surface area contributed by atoms with Crippen molar-refractivity contribution in [1.29, 1.82) is 0 Å². The highest BCUT2D eigenvalue weighted by Crippen LogP contribution is 2.18. The molecule has 0 spiro atoms. The van der Waals surface area contributed by atoms with Crippen molar-refractivity contribution in [1.82, 2.24) is 9.80 Å². The Morgan fingerprint density at radius 2 is 1.94 bits per heavy atom. The topological polar surface area (TPSA) is 49.6 Å². The molecule has 1 atom stereocenters. The van der Waals surface area contributed by atoms with Crippen molar-refractivity contribution in [3.05, 3.63) is 0 Å². The van der Waals surface area contributed by atoms with Gasteiger partial charge in [0.05, 0.1) is 0 Å². The molecule has 0 aromatic heterocycles. The number of likely N-dealkylation sites (tertiary alicyclic amines) is 1. The van der Waals surface area contributed by atoms with Gasteiger partial charge < -0.3 is 15.5 Å². The van der Waals surface area contributed by atoms with E-state index in [-0.39, 0.29) is 30.7 Å². The Morgan fingerprint density at radius 3 is 2.44 bits per heavy atom. The van der Waals surface area contributed by atoms with Crippen LogP contribution in [0.1, 0.15) is 26.7 Å². The lowest BCUT2D eigenvalue weighted by molar-refractivity contribution is -0.130. The van der Waals surface area contributed by atoms with Crippen molar-refractivity contribution in [3.8, 4) is 0 Å². The molecule has 1 unspecified atom stereocenters. The summed E-state index contributed by atoms with van der Waals surface area (Å²) in [5, 5.41) is 0. The Kier molecular flexibility index (Phi) is 12.2. The lowest BCUT2D eigenvalue weighted by Crippen LogP contribution is -2.33. The quantitative estimate of drug-likeness (QED) is 0.806. The Morgan fingerprint density at radius 1 is 1.33 bits per heavy atom. The molecule has 1 aliphatic heterocycles. The van der Waals surface area contributed by atoms with Gasteiger partial charge >= 0.3 is 0 Å². The summed E-state index contributed by atoms with van der Waals surface area (Å²) in [5.74, 6) is 0.881. The molecular formula is C12H27Cl2N3O. The average molecular weight is 300 g/mol. The molecular weight excluding hydrogens is 273 g/mol. The van der Waals surface area contributed by atoms with Crippen LogP contribution in [0.25, 0.3) is 0 Å². The van der Waals surface area contributed by atoms with Crippen LogP contribution in [0, 0.1) is 5.92 Å². The van der Waals surface area contributed by atoms with Crippen LogP contribution in [0.4, 0.5) is 0 Å². The van der Waals surface area contributed by atoms with Gasteiger partial charge in [0.25, 0.3) is 0 Å². The van der Waals surface area contributed by atoms with Gasteiger partial charge in [-0.1, -0.05) is 13.8 Å². The summed E-state index contributed by atoms with van der Waals surface area (Å²) >= 11 is 0. The first-order chi connectivity index (χ1) is 7.71. The van der Waals surface area contributed by atoms with E-state index < -0.39 is 0 Å². The highest BCUT2D eigenvalue weighted by atomic mass is 35.5. The Balaban J connectivity index is 0. The maximum Gasteiger partial charge on any atom is 0.223 e. The maximum atomic E-state index is 11.6. The lowest BCUT2D eigenvalue weighted by atomic mass is 10.1. The van der Waals surface area contributed by atoms with Gasteiger partial charge in [-0.15, -0.1) is 24.8 Å². The molecule has 0 aliphatic carbocycles. The molecule has 1 amide bonds. The molecule has 0 bridgehead atoms. The number of halogens is 2. The summed E-state index contributed by atoms with van der Waals surface area (Å²) in [5.41, 5.74) is 5.40. The molecule has 0 saturated carbocycles. The van der Waals surface area contributed by atoms with E-state index in [2.05, 4.69) is 18.7 Å². The Hall–Kier alpha value is -0.0300. The molecule has 1 rings (SSSR count). The van der Waals surface area contributed by atoms with Crippen molar-refractivity contribution in [2.24, 2.45) is 11.7 Å². The standard InChI is InChI=1S/C12H25N3O.2ClH/c1-3-14(4-2)9-11-6-8-15(10-11)12(16)5-7-13;;/h11H,3-10,13H2,1-2H3;2*1H. The predicted octanol–water partition coefficient (Wildman–Crippen LogP) is 1.37. The lowest BCUT2D eigenvalue weighted by Gasteiger charge is -2.22. The van der Waals surface area contributed by atoms with Crippen molar-refractivity contribution in [2.75, 3.05) is 39.3 Å². The molecule has 6 heteroatoms. The number of carbonyl (C=O) groups is 1. The Bertz CT molecular complexity index is 225. The number of hydrogen-bond acceptors (Lipinski definition) is 3. The van der Waals surface area contributed by atoms with Crippen LogP contribution < -0.4 is 5.73 Å². The number of amides is 1. The molecule has 4 nitrogen and oxygen atoms in total. The van der Waals surface area contributed by atoms with E-state index in [1.54, 1.807) is 0 Å². The van der Waals surface area contributed by atoms with Gasteiger partial charge in [0.1, 0.15) is 0 Å². The Labute approximate surface area is 123 Å². The number of nitrogens with zero attached hydrogens (tertiary/aromatic N) is 2. The third kappa shape index (κ3) is 6.23. The number of carbonyl (C=O) groups excluding carboxylic acids is 1. The zero-order valence-electron chi connectivity index (χ0n) is 11.4. The van der Waals surface area contributed by atoms with Crippen LogP contribution >= 0.6 is 24.8 Å². The van der Waals surface area contributed by atoms with Crippen molar-refractivity contribution >= 4 is 30.7 Å². The van der Waals surface area contributed by atoms with Gasteiger partial charge in [-0.2, -0.15) is 0 Å². The molecule has 0 aromatic carbocycles. The summed E-state index contributed by atoms with van der Waals surface area (Å²) in [6, 6.07) is 0. The summed E-state index contributed by atoms with van der Waals surface area (Å²) in [6.07, 6.45) is 1.64. The van der Waals surface area contributed by atoms with Crippen molar-refractivity contribution < 1.29 is 4.79 Å². The van der Waals surface area contributed by atoms with E-state index >= 15 is 0 Å². The highest BCUT2D eigenvalue weighted by Gasteiger charge is 2.26. The van der Waals surface area contributed by atoms with Crippen LogP contribution in [-0.4, -0.2) is 55.0 Å². The van der Waals surface area contributed by atoms with E-state index in [0.29, 0.717) is 18.9 Å². The molecule has 1 saturated heterocycles. The third-order valence-corrected chi connectivity index (χ3v) is 3.41. The van der Waals surface area contributed by atoms with E-state index in [0.717, 1.165) is 39.1 Å². The fourth-order valence-electron chi connectivity index (χ4n) is 2.34. The second-order valence-corrected chi connectivity index (χ2v) is 4.52. The SMILES string of the molecule is CCN(CC)CC1CCN(C(=O)CCN)C1.Cl.Cl. The summed E-state index contributed by atoms with van der Waals surface area (Å²) < 4.78 is 0. The average Bonchev–Trinajstić information content (AvgIpc) is 2.74. The monoisotopic (exact) mass is 299 g/mol. The van der Waals surface area contributed by atoms with Gasteiger partial charge in [-0.25, -0.2) is 0 Å².